The fourth-order valence-corrected chi connectivity index (χ4v) is 1.17. The molecule has 2 nitrogen and oxygen atoms in total. The normalized spacial score (nSPS) is 12.4. The molecule has 1 aromatic rings. The van der Waals surface area contributed by atoms with Crippen molar-refractivity contribution in [2.45, 2.75) is 32.3 Å². The number of aliphatic hydroxyl groups is 1. The average molecular weight is 178 g/mol. The van der Waals surface area contributed by atoms with Crippen molar-refractivity contribution < 1.29 is 9.52 Å². The van der Waals surface area contributed by atoms with E-state index in [-0.39, 0.29) is 0 Å². The van der Waals surface area contributed by atoms with E-state index in [0.717, 1.165) is 18.6 Å². The number of furan rings is 1. The third-order valence-electron chi connectivity index (χ3n) is 1.82. The van der Waals surface area contributed by atoms with Crippen LogP contribution in [0, 0.1) is 12.3 Å². The van der Waals surface area contributed by atoms with Crippen LogP contribution in [-0.2, 0) is 6.42 Å². The molecule has 0 saturated heterocycles. The van der Waals surface area contributed by atoms with E-state index >= 15 is 0 Å². The Balaban J connectivity index is 2.63. The molecule has 0 aliphatic rings. The van der Waals surface area contributed by atoms with Gasteiger partial charge in [0.15, 0.2) is 0 Å². The van der Waals surface area contributed by atoms with Crippen LogP contribution in [0.2, 0.25) is 0 Å². The number of hydrogen-bond acceptors (Lipinski definition) is 2. The molecule has 0 saturated carbocycles. The van der Waals surface area contributed by atoms with Gasteiger partial charge in [0.05, 0.1) is 0 Å². The largest absolute Gasteiger partial charge is 0.463 e. The molecule has 1 aromatic heterocycles. The molecule has 0 amide bonds. The van der Waals surface area contributed by atoms with Gasteiger partial charge in [0, 0.05) is 12.8 Å². The average Bonchev–Trinajstić information content (AvgIpc) is 2.54. The lowest BCUT2D eigenvalue weighted by molar-refractivity contribution is 0.153. The van der Waals surface area contributed by atoms with Crippen LogP contribution in [0.25, 0.3) is 0 Å². The molecule has 1 unspecified atom stereocenters. The highest BCUT2D eigenvalue weighted by Crippen LogP contribution is 2.19. The van der Waals surface area contributed by atoms with E-state index in [9.17, 15) is 5.11 Å². The Hall–Kier alpha value is -1.20. The molecule has 70 valence electrons. The summed E-state index contributed by atoms with van der Waals surface area (Å²) in [7, 11) is 0. The molecular weight excluding hydrogens is 164 g/mol. The van der Waals surface area contributed by atoms with Crippen LogP contribution < -0.4 is 0 Å². The molecule has 2 heteroatoms. The highest BCUT2D eigenvalue weighted by atomic mass is 16.4. The van der Waals surface area contributed by atoms with Gasteiger partial charge in [0.1, 0.15) is 17.6 Å². The fraction of sp³-hybridized carbons (Fsp3) is 0.455. The molecule has 1 atom stereocenters. The second-order valence-corrected chi connectivity index (χ2v) is 2.98. The molecule has 1 N–H and O–H groups in total. The Morgan fingerprint density at radius 3 is 3.00 bits per heavy atom. The Bertz CT molecular complexity index is 293. The van der Waals surface area contributed by atoms with Crippen molar-refractivity contribution in [3.05, 3.63) is 23.7 Å². The van der Waals surface area contributed by atoms with E-state index in [1.165, 1.54) is 0 Å². The van der Waals surface area contributed by atoms with Crippen LogP contribution in [0.1, 0.15) is 37.4 Å². The minimum absolute atomic E-state index is 0.305. The maximum absolute atomic E-state index is 9.47. The minimum atomic E-state index is -0.657. The first-order chi connectivity index (χ1) is 6.27. The van der Waals surface area contributed by atoms with Gasteiger partial charge in [-0.1, -0.05) is 6.92 Å². The second-order valence-electron chi connectivity index (χ2n) is 2.98. The summed E-state index contributed by atoms with van der Waals surface area (Å²) < 4.78 is 5.39. The molecule has 0 aliphatic carbocycles. The predicted molar refractivity (Wildman–Crippen MR) is 51.1 cm³/mol. The zero-order valence-corrected chi connectivity index (χ0v) is 7.79. The number of aliphatic hydroxyl groups excluding tert-OH is 1. The number of rotatable bonds is 4. The van der Waals surface area contributed by atoms with Crippen molar-refractivity contribution in [1.29, 1.82) is 0 Å². The first-order valence-corrected chi connectivity index (χ1v) is 4.48. The van der Waals surface area contributed by atoms with Crippen LogP contribution in [0.5, 0.6) is 0 Å². The van der Waals surface area contributed by atoms with Gasteiger partial charge in [-0.15, -0.1) is 12.3 Å². The van der Waals surface area contributed by atoms with Crippen molar-refractivity contribution in [2.75, 3.05) is 0 Å². The minimum Gasteiger partial charge on any atom is -0.463 e. The number of terminal acetylenes is 1. The van der Waals surface area contributed by atoms with Crippen molar-refractivity contribution in [1.82, 2.24) is 0 Å². The van der Waals surface area contributed by atoms with Gasteiger partial charge in [-0.05, 0) is 18.6 Å². The Morgan fingerprint density at radius 1 is 1.62 bits per heavy atom. The Labute approximate surface area is 78.6 Å². The van der Waals surface area contributed by atoms with Gasteiger partial charge in [-0.25, -0.2) is 0 Å². The SMILES string of the molecule is C#CCC(O)c1ccc(CCC)o1. The van der Waals surface area contributed by atoms with Crippen molar-refractivity contribution in [3.63, 3.8) is 0 Å². The van der Waals surface area contributed by atoms with E-state index < -0.39 is 6.10 Å². The van der Waals surface area contributed by atoms with Gasteiger partial charge in [0.2, 0.25) is 0 Å². The lowest BCUT2D eigenvalue weighted by Crippen LogP contribution is -1.92. The van der Waals surface area contributed by atoms with Gasteiger partial charge < -0.3 is 9.52 Å². The van der Waals surface area contributed by atoms with Gasteiger partial charge in [-0.3, -0.25) is 0 Å². The third-order valence-corrected chi connectivity index (χ3v) is 1.82. The van der Waals surface area contributed by atoms with E-state index in [2.05, 4.69) is 12.8 Å². The summed E-state index contributed by atoms with van der Waals surface area (Å²) in [6.45, 7) is 2.08. The summed E-state index contributed by atoms with van der Waals surface area (Å²) in [5.41, 5.74) is 0. The number of hydrogen-bond donors (Lipinski definition) is 1. The van der Waals surface area contributed by atoms with Crippen LogP contribution in [0.3, 0.4) is 0 Å². The van der Waals surface area contributed by atoms with Crippen LogP contribution >= 0.6 is 0 Å². The molecular formula is C11H14O2. The maximum Gasteiger partial charge on any atom is 0.133 e. The zero-order valence-electron chi connectivity index (χ0n) is 7.79. The standard InChI is InChI=1S/C11H14O2/c1-3-5-9-7-8-11(13-9)10(12)6-4-2/h2,7-8,10,12H,3,5-6H2,1H3. The first kappa shape index (κ1) is 9.88. The van der Waals surface area contributed by atoms with Gasteiger partial charge >= 0.3 is 0 Å². The summed E-state index contributed by atoms with van der Waals surface area (Å²) in [5.74, 6) is 3.88. The molecule has 0 aromatic carbocycles. The monoisotopic (exact) mass is 178 g/mol. The van der Waals surface area contributed by atoms with Crippen LogP contribution in [0.4, 0.5) is 0 Å². The van der Waals surface area contributed by atoms with E-state index in [0.29, 0.717) is 12.2 Å². The van der Waals surface area contributed by atoms with Gasteiger partial charge in [-0.2, -0.15) is 0 Å². The molecule has 0 spiro atoms. The summed E-state index contributed by atoms with van der Waals surface area (Å²) in [6, 6.07) is 3.67. The topological polar surface area (TPSA) is 33.4 Å². The summed E-state index contributed by atoms with van der Waals surface area (Å²) in [4.78, 5) is 0. The second kappa shape index (κ2) is 4.74. The molecule has 1 heterocycles. The quantitative estimate of drug-likeness (QED) is 0.717. The van der Waals surface area contributed by atoms with Crippen molar-refractivity contribution in [3.8, 4) is 12.3 Å². The van der Waals surface area contributed by atoms with Crippen LogP contribution in [0.15, 0.2) is 16.5 Å². The van der Waals surface area contributed by atoms with Crippen LogP contribution in [-0.4, -0.2) is 5.11 Å². The summed E-state index contributed by atoms with van der Waals surface area (Å²) in [6.07, 6.45) is 6.67. The molecule has 0 radical (unpaired) electrons. The Morgan fingerprint density at radius 2 is 2.38 bits per heavy atom. The first-order valence-electron chi connectivity index (χ1n) is 4.48. The lowest BCUT2D eigenvalue weighted by atomic mass is 10.2. The van der Waals surface area contributed by atoms with E-state index in [1.807, 2.05) is 6.07 Å². The molecule has 0 fully saturated rings. The molecule has 0 bridgehead atoms. The Kier molecular flexibility index (Phi) is 3.60. The van der Waals surface area contributed by atoms with Gasteiger partial charge in [0.25, 0.3) is 0 Å². The predicted octanol–water partition coefficient (Wildman–Crippen LogP) is 2.29. The highest BCUT2D eigenvalue weighted by Gasteiger charge is 2.10. The molecule has 13 heavy (non-hydrogen) atoms. The molecule has 0 aliphatic heterocycles. The fourth-order valence-electron chi connectivity index (χ4n) is 1.17. The highest BCUT2D eigenvalue weighted by molar-refractivity contribution is 5.11. The summed E-state index contributed by atoms with van der Waals surface area (Å²) in [5, 5.41) is 9.47. The van der Waals surface area contributed by atoms with E-state index in [4.69, 9.17) is 10.8 Å². The van der Waals surface area contributed by atoms with Crippen molar-refractivity contribution >= 4 is 0 Å². The summed E-state index contributed by atoms with van der Waals surface area (Å²) >= 11 is 0. The molecule has 1 rings (SSSR count). The third kappa shape index (κ3) is 2.64. The lowest BCUT2D eigenvalue weighted by Gasteiger charge is -2.01. The zero-order chi connectivity index (χ0) is 9.68. The van der Waals surface area contributed by atoms with E-state index in [1.54, 1.807) is 6.07 Å². The number of aryl methyl sites for hydroxylation is 1. The maximum atomic E-state index is 9.47. The van der Waals surface area contributed by atoms with Crippen molar-refractivity contribution in [2.24, 2.45) is 0 Å². The smallest absolute Gasteiger partial charge is 0.133 e.